The molecule has 0 spiro atoms. The van der Waals surface area contributed by atoms with E-state index in [-0.39, 0.29) is 70.0 Å². The van der Waals surface area contributed by atoms with Gasteiger partial charge in [-0.3, -0.25) is 38.1 Å². The topological polar surface area (TPSA) is 213 Å². The van der Waals surface area contributed by atoms with Crippen LogP contribution in [-0.4, -0.2) is 126 Å². The highest BCUT2D eigenvalue weighted by atomic mass is 32.1. The Morgan fingerprint density at radius 2 is 1.46 bits per heavy atom. The Hall–Kier alpha value is -6.96. The van der Waals surface area contributed by atoms with Gasteiger partial charge in [-0.05, 0) is 120 Å². The second-order valence-electron chi connectivity index (χ2n) is 22.6. The maximum Gasteiger partial charge on any atom is 0.263 e. The molecule has 9 rings (SSSR count). The third-order valence-corrected chi connectivity index (χ3v) is 18.2. The van der Waals surface area contributed by atoms with Crippen molar-refractivity contribution in [2.75, 3.05) is 50.0 Å². The molecule has 2 aliphatic heterocycles. The van der Waals surface area contributed by atoms with Crippen molar-refractivity contribution in [1.29, 1.82) is 0 Å². The number of aromatic nitrogens is 5. The van der Waals surface area contributed by atoms with Crippen molar-refractivity contribution in [3.63, 3.8) is 0 Å². The molecule has 4 aliphatic rings. The van der Waals surface area contributed by atoms with Crippen molar-refractivity contribution in [2.24, 2.45) is 5.92 Å². The summed E-state index contributed by atoms with van der Waals surface area (Å²) in [6.45, 7) is 8.11. The summed E-state index contributed by atoms with van der Waals surface area (Å²) >= 11 is 1.33. The number of carbonyl (C=O) groups is 6. The first-order valence-electron chi connectivity index (χ1n) is 29.5. The van der Waals surface area contributed by atoms with Crippen LogP contribution in [0.15, 0.2) is 59.0 Å². The Morgan fingerprint density at radius 3 is 2.14 bits per heavy atom. The average molecular weight is 1130 g/mol. The van der Waals surface area contributed by atoms with Crippen LogP contribution in [0.25, 0.3) is 11.0 Å². The number of hydrogen-bond acceptors (Lipinski definition) is 14. The fraction of sp³-hybridized carbons (Fsp3) is 0.557. The molecule has 1 aromatic carbocycles. The monoisotopic (exact) mass is 1130 g/mol. The van der Waals surface area contributed by atoms with Crippen LogP contribution in [0.3, 0.4) is 0 Å². The number of aryl methyl sites for hydroxylation is 1. The molecule has 2 N–H and O–H groups in total. The van der Waals surface area contributed by atoms with Gasteiger partial charge in [-0.25, -0.2) is 19.3 Å². The van der Waals surface area contributed by atoms with E-state index in [9.17, 15) is 38.0 Å². The van der Waals surface area contributed by atoms with Crippen molar-refractivity contribution in [1.82, 2.24) is 44.5 Å². The van der Waals surface area contributed by atoms with E-state index >= 15 is 0 Å². The SMILES string of the molecule is CC(=O)c1c(C)c2cnc(Nc3ccc(N4CCN(C(=O)CCCCCCCCCC(=O)N(C)C(C)C(=O)NC(C(=O)N5CCC[C@H]5c5nc(C(=O)c6ccc(F)cc6)cs5)C5CCCCC5)CC4)cn3)nc2n(C2CCCC2)c1=O. The number of amides is 4. The highest BCUT2D eigenvalue weighted by Crippen LogP contribution is 2.37. The number of benzene rings is 1. The molecule has 81 heavy (non-hydrogen) atoms. The van der Waals surface area contributed by atoms with Crippen LogP contribution in [0.5, 0.6) is 0 Å². The number of thiazole rings is 1. The number of Topliss-reactive ketones (excluding diaryl/α,β-unsaturated/α-hetero) is 1. The van der Waals surface area contributed by atoms with Gasteiger partial charge in [0.1, 0.15) is 40.1 Å². The fourth-order valence-corrected chi connectivity index (χ4v) is 13.3. The second kappa shape index (κ2) is 27.2. The molecular formula is C61H78FN11O7S. The normalized spacial score (nSPS) is 17.8. The number of fused-ring (bicyclic) bond motifs is 1. The summed E-state index contributed by atoms with van der Waals surface area (Å²) in [4.78, 5) is 120. The number of nitrogens with zero attached hydrogens (tertiary/aromatic N) is 9. The fourth-order valence-electron chi connectivity index (χ4n) is 12.3. The number of unbranched alkanes of at least 4 members (excludes halogenated alkanes) is 6. The van der Waals surface area contributed by atoms with E-state index in [1.54, 1.807) is 43.2 Å². The number of ketones is 2. The lowest BCUT2D eigenvalue weighted by Crippen LogP contribution is -2.56. The molecule has 18 nitrogen and oxygen atoms in total. The third-order valence-electron chi connectivity index (χ3n) is 17.2. The largest absolute Gasteiger partial charge is 0.367 e. The smallest absolute Gasteiger partial charge is 0.263 e. The van der Waals surface area contributed by atoms with Crippen LogP contribution in [0.1, 0.15) is 191 Å². The number of likely N-dealkylation sites (N-methyl/N-ethyl adjacent to an activating group) is 1. The number of pyridine rings is 2. The van der Waals surface area contributed by atoms with Gasteiger partial charge >= 0.3 is 0 Å². The standard InChI is InChI=1S/C61H78FN11O7S/c1-39-47-37-64-61(68-56(47)73(45-20-15-16-21-45)59(79)53(39)41(3)74)66-50-30-29-46(36-63-50)70-32-34-71(35-33-70)52(76)24-14-9-7-5-6-8-13-23-51(75)69(4)40(2)57(78)67-54(42-18-11-10-12-19-42)60(80)72-31-17-22-49(72)58-65-48(38-81-58)55(77)43-25-27-44(62)28-26-43/h25-30,36-38,40,42,45,49,54H,5-24,31-35H2,1-4H3,(H,67,78)(H,63,64,66,68)/t40?,49-,54?/m0/s1. The van der Waals surface area contributed by atoms with E-state index in [1.807, 2.05) is 21.9 Å². The van der Waals surface area contributed by atoms with Crippen LogP contribution in [-0.2, 0) is 19.2 Å². The van der Waals surface area contributed by atoms with E-state index in [0.717, 1.165) is 108 Å². The lowest BCUT2D eigenvalue weighted by Gasteiger charge is -2.36. The lowest BCUT2D eigenvalue weighted by atomic mass is 9.83. The molecule has 20 heteroatoms. The van der Waals surface area contributed by atoms with Crippen LogP contribution < -0.4 is 21.1 Å². The zero-order chi connectivity index (χ0) is 57.2. The predicted octanol–water partition coefficient (Wildman–Crippen LogP) is 9.82. The molecule has 5 aromatic rings. The van der Waals surface area contributed by atoms with Crippen LogP contribution in [0.2, 0.25) is 0 Å². The minimum atomic E-state index is -0.767. The predicted molar refractivity (Wildman–Crippen MR) is 310 cm³/mol. The Bertz CT molecular complexity index is 3110. The minimum Gasteiger partial charge on any atom is -0.367 e. The summed E-state index contributed by atoms with van der Waals surface area (Å²) in [7, 11) is 1.65. The van der Waals surface area contributed by atoms with E-state index in [1.165, 1.54) is 47.4 Å². The maximum absolute atomic E-state index is 14.5. The number of halogens is 1. The van der Waals surface area contributed by atoms with Crippen molar-refractivity contribution >= 4 is 75.0 Å². The Balaban J connectivity index is 0.657. The molecule has 2 saturated heterocycles. The molecule has 432 valence electrons. The van der Waals surface area contributed by atoms with Gasteiger partial charge in [-0.15, -0.1) is 11.3 Å². The Morgan fingerprint density at radius 1 is 0.778 bits per heavy atom. The van der Waals surface area contributed by atoms with Gasteiger partial charge < -0.3 is 30.2 Å². The minimum absolute atomic E-state index is 0.0123. The number of hydrogen-bond donors (Lipinski definition) is 2. The zero-order valence-electron chi connectivity index (χ0n) is 47.4. The summed E-state index contributed by atoms with van der Waals surface area (Å²) in [5.41, 5.74) is 2.58. The molecule has 4 amide bonds. The van der Waals surface area contributed by atoms with Gasteiger partial charge in [0.15, 0.2) is 5.78 Å². The highest BCUT2D eigenvalue weighted by Gasteiger charge is 2.41. The Labute approximate surface area is 477 Å². The van der Waals surface area contributed by atoms with Gasteiger partial charge in [0.05, 0.1) is 23.5 Å². The van der Waals surface area contributed by atoms with Crippen molar-refractivity contribution in [3.8, 4) is 0 Å². The number of rotatable bonds is 23. The molecule has 0 radical (unpaired) electrons. The van der Waals surface area contributed by atoms with Crippen molar-refractivity contribution in [2.45, 2.75) is 173 Å². The molecule has 4 fully saturated rings. The quantitative estimate of drug-likeness (QED) is 0.0461. The van der Waals surface area contributed by atoms with E-state index in [4.69, 9.17) is 4.98 Å². The number of nitrogens with one attached hydrogen (secondary N) is 2. The number of anilines is 3. The molecule has 2 unspecified atom stereocenters. The number of likely N-dealkylation sites (tertiary alicyclic amines) is 1. The van der Waals surface area contributed by atoms with Crippen molar-refractivity contribution < 1.29 is 33.2 Å². The molecular weight excluding hydrogens is 1050 g/mol. The summed E-state index contributed by atoms with van der Waals surface area (Å²) in [5, 5.41) is 9.34. The van der Waals surface area contributed by atoms with Gasteiger partial charge in [-0.2, -0.15) is 4.98 Å². The van der Waals surface area contributed by atoms with E-state index in [2.05, 4.69) is 30.5 Å². The third kappa shape index (κ3) is 14.0. The first-order valence-corrected chi connectivity index (χ1v) is 30.4. The summed E-state index contributed by atoms with van der Waals surface area (Å²) in [5.74, 6) is -0.582. The number of piperazine rings is 1. The van der Waals surface area contributed by atoms with Gasteiger partial charge in [0.2, 0.25) is 35.4 Å². The van der Waals surface area contributed by atoms with Gasteiger partial charge in [0, 0.05) is 81.2 Å². The first-order chi connectivity index (χ1) is 39.2. The molecule has 0 bridgehead atoms. The maximum atomic E-state index is 14.5. The number of carbonyl (C=O) groups excluding carboxylic acids is 6. The molecule has 2 aliphatic carbocycles. The lowest BCUT2D eigenvalue weighted by molar-refractivity contribution is -0.142. The molecule has 3 atom stereocenters. The summed E-state index contributed by atoms with van der Waals surface area (Å²) < 4.78 is 15.2. The van der Waals surface area contributed by atoms with Crippen LogP contribution >= 0.6 is 11.3 Å². The van der Waals surface area contributed by atoms with E-state index in [0.29, 0.717) is 97.3 Å². The van der Waals surface area contributed by atoms with Gasteiger partial charge in [0.25, 0.3) is 5.56 Å². The van der Waals surface area contributed by atoms with Crippen LogP contribution in [0, 0.1) is 18.7 Å². The summed E-state index contributed by atoms with van der Waals surface area (Å²) in [6.07, 6.45) is 20.7. The van der Waals surface area contributed by atoms with E-state index < -0.39 is 17.9 Å². The summed E-state index contributed by atoms with van der Waals surface area (Å²) in [6, 6.07) is 7.38. The zero-order valence-corrected chi connectivity index (χ0v) is 48.2. The van der Waals surface area contributed by atoms with Crippen molar-refractivity contribution in [3.05, 3.63) is 97.7 Å². The van der Waals surface area contributed by atoms with Gasteiger partial charge in [-0.1, -0.05) is 64.2 Å². The first kappa shape index (κ1) is 58.7. The molecule has 2 saturated carbocycles. The molecule has 4 aromatic heterocycles. The highest BCUT2D eigenvalue weighted by molar-refractivity contribution is 7.10. The second-order valence-corrected chi connectivity index (χ2v) is 23.5. The Kier molecular flexibility index (Phi) is 19.7. The molecule has 6 heterocycles. The average Bonchev–Trinajstić information content (AvgIpc) is 4.41. The van der Waals surface area contributed by atoms with Crippen LogP contribution in [0.4, 0.5) is 21.8 Å².